The fraction of sp³-hybridized carbons (Fsp3) is 0.409. The number of carbonyl (C=O) groups is 3. The Morgan fingerprint density at radius 2 is 1.69 bits per heavy atom. The lowest BCUT2D eigenvalue weighted by molar-refractivity contribution is -0.124. The van der Waals surface area contributed by atoms with Crippen LogP contribution in [0, 0.1) is 5.92 Å². The average molecular weight is 412 g/mol. The van der Waals surface area contributed by atoms with Crippen LogP contribution < -0.4 is 10.6 Å². The molecule has 0 radical (unpaired) electrons. The molecule has 0 spiro atoms. The highest BCUT2D eigenvalue weighted by molar-refractivity contribution is 7.12. The van der Waals surface area contributed by atoms with E-state index in [0.29, 0.717) is 36.4 Å². The molecule has 1 aliphatic carbocycles. The maximum Gasteiger partial charge on any atom is 0.262 e. The van der Waals surface area contributed by atoms with Crippen molar-refractivity contribution in [3.63, 3.8) is 0 Å². The molecule has 29 heavy (non-hydrogen) atoms. The van der Waals surface area contributed by atoms with Crippen LogP contribution in [0.25, 0.3) is 0 Å². The second kappa shape index (κ2) is 8.78. The van der Waals surface area contributed by atoms with Gasteiger partial charge < -0.3 is 15.5 Å². The minimum Gasteiger partial charge on any atom is -0.352 e. The predicted molar refractivity (Wildman–Crippen MR) is 112 cm³/mol. The van der Waals surface area contributed by atoms with Gasteiger partial charge in [0.25, 0.3) is 11.8 Å². The van der Waals surface area contributed by atoms with Gasteiger partial charge in [-0.05, 0) is 55.2 Å². The van der Waals surface area contributed by atoms with Gasteiger partial charge in [0.1, 0.15) is 6.04 Å². The lowest BCUT2D eigenvalue weighted by atomic mass is 9.88. The summed E-state index contributed by atoms with van der Waals surface area (Å²) in [5.74, 6) is -0.285. The summed E-state index contributed by atoms with van der Waals surface area (Å²) in [6, 6.07) is 12.5. The van der Waals surface area contributed by atoms with Crippen molar-refractivity contribution in [1.29, 1.82) is 0 Å². The number of carbonyl (C=O) groups excluding carboxylic acids is 3. The molecule has 4 rings (SSSR count). The highest BCUT2D eigenvalue weighted by Gasteiger charge is 2.36. The van der Waals surface area contributed by atoms with Gasteiger partial charge in [0.05, 0.1) is 4.88 Å². The zero-order valence-electron chi connectivity index (χ0n) is 16.2. The molecule has 2 aromatic rings. The van der Waals surface area contributed by atoms with E-state index in [1.165, 1.54) is 11.3 Å². The van der Waals surface area contributed by atoms with Crippen LogP contribution in [0.15, 0.2) is 47.8 Å². The Kier molecular flexibility index (Phi) is 5.94. The molecule has 2 fully saturated rings. The molecule has 1 saturated heterocycles. The van der Waals surface area contributed by atoms with E-state index in [4.69, 9.17) is 0 Å². The number of rotatable bonds is 6. The van der Waals surface area contributed by atoms with E-state index in [1.807, 2.05) is 46.7 Å². The average Bonchev–Trinajstić information content (AvgIpc) is 3.39. The van der Waals surface area contributed by atoms with Gasteiger partial charge in [0.2, 0.25) is 5.91 Å². The normalized spacial score (nSPS) is 18.1. The Morgan fingerprint density at radius 1 is 0.966 bits per heavy atom. The van der Waals surface area contributed by atoms with Crippen molar-refractivity contribution in [3.05, 3.63) is 58.3 Å². The SMILES string of the molecule is O=C(N[C@H](C(=O)NC1CC1)C1CCN(C(=O)c2ccccc2)CC1)c1cccs1. The number of likely N-dealkylation sites (tertiary alicyclic amines) is 1. The van der Waals surface area contributed by atoms with Gasteiger partial charge in [-0.15, -0.1) is 11.3 Å². The lowest BCUT2D eigenvalue weighted by Gasteiger charge is -2.35. The van der Waals surface area contributed by atoms with Crippen molar-refractivity contribution >= 4 is 29.1 Å². The third-order valence-electron chi connectivity index (χ3n) is 5.56. The quantitative estimate of drug-likeness (QED) is 0.767. The van der Waals surface area contributed by atoms with Gasteiger partial charge >= 0.3 is 0 Å². The number of amides is 3. The highest BCUT2D eigenvalue weighted by Crippen LogP contribution is 2.25. The Bertz CT molecular complexity index is 857. The summed E-state index contributed by atoms with van der Waals surface area (Å²) in [7, 11) is 0. The van der Waals surface area contributed by atoms with Gasteiger partial charge in [-0.3, -0.25) is 14.4 Å². The van der Waals surface area contributed by atoms with Crippen LogP contribution in [0.4, 0.5) is 0 Å². The van der Waals surface area contributed by atoms with Crippen LogP contribution in [0.2, 0.25) is 0 Å². The number of thiophene rings is 1. The second-order valence-corrected chi connectivity index (χ2v) is 8.65. The van der Waals surface area contributed by atoms with Crippen molar-refractivity contribution in [2.24, 2.45) is 5.92 Å². The molecule has 1 aromatic heterocycles. The molecular weight excluding hydrogens is 386 g/mol. The molecule has 2 heterocycles. The molecule has 1 saturated carbocycles. The van der Waals surface area contributed by atoms with E-state index < -0.39 is 6.04 Å². The summed E-state index contributed by atoms with van der Waals surface area (Å²) in [4.78, 5) is 40.5. The van der Waals surface area contributed by atoms with Crippen LogP contribution in [-0.4, -0.2) is 47.8 Å². The molecular formula is C22H25N3O3S. The number of nitrogens with one attached hydrogen (secondary N) is 2. The maximum atomic E-state index is 12.8. The molecule has 1 aromatic carbocycles. The number of hydrogen-bond acceptors (Lipinski definition) is 4. The van der Waals surface area contributed by atoms with Crippen molar-refractivity contribution in [1.82, 2.24) is 15.5 Å². The molecule has 3 amide bonds. The van der Waals surface area contributed by atoms with Gasteiger partial charge in [-0.1, -0.05) is 24.3 Å². The molecule has 1 atom stereocenters. The minimum atomic E-state index is -0.570. The van der Waals surface area contributed by atoms with Crippen molar-refractivity contribution < 1.29 is 14.4 Å². The molecule has 152 valence electrons. The first-order valence-corrected chi connectivity index (χ1v) is 11.0. The first kappa shape index (κ1) is 19.6. The topological polar surface area (TPSA) is 78.5 Å². The number of piperidine rings is 1. The highest BCUT2D eigenvalue weighted by atomic mass is 32.1. The Balaban J connectivity index is 1.40. The van der Waals surface area contributed by atoms with E-state index in [1.54, 1.807) is 6.07 Å². The van der Waals surface area contributed by atoms with Crippen molar-refractivity contribution in [2.75, 3.05) is 13.1 Å². The summed E-state index contributed by atoms with van der Waals surface area (Å²) < 4.78 is 0. The largest absolute Gasteiger partial charge is 0.352 e. The van der Waals surface area contributed by atoms with Gasteiger partial charge in [-0.25, -0.2) is 0 Å². The Labute approximate surface area is 174 Å². The van der Waals surface area contributed by atoms with E-state index >= 15 is 0 Å². The Hall–Kier alpha value is -2.67. The third kappa shape index (κ3) is 4.85. The summed E-state index contributed by atoms with van der Waals surface area (Å²) in [5, 5.41) is 7.83. The van der Waals surface area contributed by atoms with Crippen molar-refractivity contribution in [2.45, 2.75) is 37.8 Å². The van der Waals surface area contributed by atoms with Gasteiger partial charge in [0.15, 0.2) is 0 Å². The third-order valence-corrected chi connectivity index (χ3v) is 6.43. The van der Waals surface area contributed by atoms with E-state index in [9.17, 15) is 14.4 Å². The number of hydrogen-bond donors (Lipinski definition) is 2. The number of benzene rings is 1. The van der Waals surface area contributed by atoms with Crippen LogP contribution >= 0.6 is 11.3 Å². The standard InChI is InChI=1S/C22H25N3O3S/c26-20(18-7-4-14-29-18)24-19(21(27)23-17-8-9-17)15-10-12-25(13-11-15)22(28)16-5-2-1-3-6-16/h1-7,14-15,17,19H,8-13H2,(H,23,27)(H,24,26)/t19-/m0/s1. The fourth-order valence-electron chi connectivity index (χ4n) is 3.74. The second-order valence-electron chi connectivity index (χ2n) is 7.71. The smallest absolute Gasteiger partial charge is 0.262 e. The first-order chi connectivity index (χ1) is 14.1. The van der Waals surface area contributed by atoms with Crippen LogP contribution in [0.1, 0.15) is 45.7 Å². The van der Waals surface area contributed by atoms with Gasteiger partial charge in [-0.2, -0.15) is 0 Å². The summed E-state index contributed by atoms with van der Waals surface area (Å²) in [6.07, 6.45) is 3.38. The van der Waals surface area contributed by atoms with Crippen LogP contribution in [0.3, 0.4) is 0 Å². The zero-order chi connectivity index (χ0) is 20.2. The molecule has 7 heteroatoms. The van der Waals surface area contributed by atoms with E-state index in [2.05, 4.69) is 10.6 Å². The van der Waals surface area contributed by atoms with Crippen molar-refractivity contribution in [3.8, 4) is 0 Å². The van der Waals surface area contributed by atoms with E-state index in [0.717, 1.165) is 12.8 Å². The lowest BCUT2D eigenvalue weighted by Crippen LogP contribution is -2.54. The van der Waals surface area contributed by atoms with Gasteiger partial charge in [0, 0.05) is 24.7 Å². The molecule has 1 aliphatic heterocycles. The molecule has 6 nitrogen and oxygen atoms in total. The summed E-state index contributed by atoms with van der Waals surface area (Å²) >= 11 is 1.36. The minimum absolute atomic E-state index is 0.0116. The molecule has 0 unspecified atom stereocenters. The van der Waals surface area contributed by atoms with Crippen LogP contribution in [0.5, 0.6) is 0 Å². The first-order valence-electron chi connectivity index (χ1n) is 10.1. The predicted octanol–water partition coefficient (Wildman–Crippen LogP) is 2.68. The van der Waals surface area contributed by atoms with E-state index in [-0.39, 0.29) is 29.7 Å². The summed E-state index contributed by atoms with van der Waals surface area (Å²) in [5.41, 5.74) is 0.681. The van der Waals surface area contributed by atoms with Crippen LogP contribution in [-0.2, 0) is 4.79 Å². The Morgan fingerprint density at radius 3 is 2.31 bits per heavy atom. The number of nitrogens with zero attached hydrogens (tertiary/aromatic N) is 1. The monoisotopic (exact) mass is 411 g/mol. The molecule has 2 aliphatic rings. The molecule has 0 bridgehead atoms. The summed E-state index contributed by atoms with van der Waals surface area (Å²) in [6.45, 7) is 1.17. The zero-order valence-corrected chi connectivity index (χ0v) is 17.0. The fourth-order valence-corrected chi connectivity index (χ4v) is 4.36. The molecule has 2 N–H and O–H groups in total. The maximum absolute atomic E-state index is 12.8.